The van der Waals surface area contributed by atoms with Gasteiger partial charge in [0.1, 0.15) is 12.4 Å². The standard InChI is InChI=1S/C20H25NO2S/c1-15-19-8-11-24-20(19)7-9-21(15)13-16-4-2-5-17(12-16)23-14-18-6-3-10-22-18/h2,4-5,8,11-12,15,18H,3,6-7,9-10,13-14H2,1H3/t15-,18+/m0/s1. The van der Waals surface area contributed by atoms with Crippen LogP contribution >= 0.6 is 11.3 Å². The number of nitrogens with zero attached hydrogens (tertiary/aromatic N) is 1. The lowest BCUT2D eigenvalue weighted by Crippen LogP contribution is -2.32. The van der Waals surface area contributed by atoms with Gasteiger partial charge in [-0.25, -0.2) is 0 Å². The molecule has 4 rings (SSSR count). The molecule has 2 aliphatic rings. The van der Waals surface area contributed by atoms with Gasteiger partial charge in [0.05, 0.1) is 6.10 Å². The number of rotatable bonds is 5. The highest BCUT2D eigenvalue weighted by atomic mass is 32.1. The maximum Gasteiger partial charge on any atom is 0.119 e. The van der Waals surface area contributed by atoms with E-state index in [1.165, 1.54) is 17.5 Å². The molecule has 1 fully saturated rings. The second kappa shape index (κ2) is 7.26. The first-order valence-corrected chi connectivity index (χ1v) is 9.81. The molecule has 128 valence electrons. The van der Waals surface area contributed by atoms with Crippen LogP contribution in [-0.4, -0.2) is 30.8 Å². The molecule has 2 aromatic rings. The van der Waals surface area contributed by atoms with E-state index in [1.807, 2.05) is 11.3 Å². The Morgan fingerprint density at radius 3 is 3.17 bits per heavy atom. The van der Waals surface area contributed by atoms with E-state index in [9.17, 15) is 0 Å². The number of benzene rings is 1. The molecule has 1 aromatic heterocycles. The topological polar surface area (TPSA) is 21.7 Å². The first-order chi connectivity index (χ1) is 11.8. The largest absolute Gasteiger partial charge is 0.491 e. The van der Waals surface area contributed by atoms with E-state index in [1.54, 1.807) is 4.88 Å². The zero-order valence-corrected chi connectivity index (χ0v) is 15.1. The van der Waals surface area contributed by atoms with Gasteiger partial charge in [-0.3, -0.25) is 4.90 Å². The molecule has 0 spiro atoms. The highest BCUT2D eigenvalue weighted by molar-refractivity contribution is 7.10. The molecule has 2 atom stereocenters. The fraction of sp³-hybridized carbons (Fsp3) is 0.500. The first kappa shape index (κ1) is 16.1. The van der Waals surface area contributed by atoms with Crippen LogP contribution in [-0.2, 0) is 17.7 Å². The van der Waals surface area contributed by atoms with Crippen LogP contribution in [0.2, 0.25) is 0 Å². The summed E-state index contributed by atoms with van der Waals surface area (Å²) in [4.78, 5) is 4.13. The average Bonchev–Trinajstić information content (AvgIpc) is 3.27. The van der Waals surface area contributed by atoms with Crippen LogP contribution in [0.4, 0.5) is 0 Å². The molecular formula is C20H25NO2S. The van der Waals surface area contributed by atoms with Crippen LogP contribution in [0.25, 0.3) is 0 Å². The average molecular weight is 343 g/mol. The Labute approximate surface area is 148 Å². The summed E-state index contributed by atoms with van der Waals surface area (Å²) in [6.07, 6.45) is 3.72. The van der Waals surface area contributed by atoms with Crippen molar-refractivity contribution in [3.05, 3.63) is 51.7 Å². The third-order valence-electron chi connectivity index (χ3n) is 5.15. The molecule has 1 aromatic carbocycles. The van der Waals surface area contributed by atoms with E-state index in [0.29, 0.717) is 12.6 Å². The van der Waals surface area contributed by atoms with Crippen molar-refractivity contribution >= 4 is 11.3 Å². The minimum absolute atomic E-state index is 0.271. The molecule has 3 heterocycles. The fourth-order valence-electron chi connectivity index (χ4n) is 3.71. The Morgan fingerprint density at radius 2 is 2.29 bits per heavy atom. The predicted molar refractivity (Wildman–Crippen MR) is 97.8 cm³/mol. The van der Waals surface area contributed by atoms with Crippen molar-refractivity contribution in [3.8, 4) is 5.75 Å². The number of fused-ring (bicyclic) bond motifs is 1. The Bertz CT molecular complexity index is 678. The molecule has 0 saturated carbocycles. The lowest BCUT2D eigenvalue weighted by molar-refractivity contribution is 0.0679. The number of thiophene rings is 1. The minimum atomic E-state index is 0.271. The monoisotopic (exact) mass is 343 g/mol. The van der Waals surface area contributed by atoms with E-state index in [4.69, 9.17) is 9.47 Å². The molecule has 0 N–H and O–H groups in total. The van der Waals surface area contributed by atoms with E-state index in [-0.39, 0.29) is 6.10 Å². The van der Waals surface area contributed by atoms with Crippen molar-refractivity contribution in [2.75, 3.05) is 19.8 Å². The zero-order valence-electron chi connectivity index (χ0n) is 14.2. The summed E-state index contributed by atoms with van der Waals surface area (Å²) in [6, 6.07) is 11.3. The van der Waals surface area contributed by atoms with Crippen LogP contribution in [0, 0.1) is 0 Å². The molecule has 0 aliphatic carbocycles. The van der Waals surface area contributed by atoms with Gasteiger partial charge < -0.3 is 9.47 Å². The predicted octanol–water partition coefficient (Wildman–Crippen LogP) is 4.43. The highest BCUT2D eigenvalue weighted by Gasteiger charge is 2.24. The number of hydrogen-bond acceptors (Lipinski definition) is 4. The van der Waals surface area contributed by atoms with Crippen molar-refractivity contribution in [2.45, 2.75) is 44.9 Å². The number of ether oxygens (including phenoxy) is 2. The molecule has 2 aliphatic heterocycles. The summed E-state index contributed by atoms with van der Waals surface area (Å²) in [5.74, 6) is 0.962. The van der Waals surface area contributed by atoms with Crippen LogP contribution in [0.15, 0.2) is 35.7 Å². The van der Waals surface area contributed by atoms with Gasteiger partial charge >= 0.3 is 0 Å². The third-order valence-corrected chi connectivity index (χ3v) is 6.14. The van der Waals surface area contributed by atoms with Crippen LogP contribution in [0.5, 0.6) is 5.75 Å². The van der Waals surface area contributed by atoms with Gasteiger partial charge in [-0.2, -0.15) is 0 Å². The Morgan fingerprint density at radius 1 is 1.33 bits per heavy atom. The summed E-state index contributed by atoms with van der Waals surface area (Å²) < 4.78 is 11.6. The van der Waals surface area contributed by atoms with Crippen molar-refractivity contribution in [1.82, 2.24) is 4.90 Å². The first-order valence-electron chi connectivity index (χ1n) is 8.93. The Balaban J connectivity index is 1.39. The van der Waals surface area contributed by atoms with Gasteiger partial charge in [-0.15, -0.1) is 11.3 Å². The zero-order chi connectivity index (χ0) is 16.4. The van der Waals surface area contributed by atoms with Gasteiger partial charge in [0.15, 0.2) is 0 Å². The van der Waals surface area contributed by atoms with Gasteiger partial charge in [-0.05, 0) is 60.9 Å². The van der Waals surface area contributed by atoms with Crippen LogP contribution in [0.3, 0.4) is 0 Å². The van der Waals surface area contributed by atoms with Gasteiger partial charge in [0.2, 0.25) is 0 Å². The van der Waals surface area contributed by atoms with Gasteiger partial charge in [0.25, 0.3) is 0 Å². The summed E-state index contributed by atoms with van der Waals surface area (Å²) >= 11 is 1.90. The lowest BCUT2D eigenvalue weighted by Gasteiger charge is -2.33. The van der Waals surface area contributed by atoms with Crippen LogP contribution in [0.1, 0.15) is 41.8 Å². The molecule has 3 nitrogen and oxygen atoms in total. The van der Waals surface area contributed by atoms with E-state index < -0.39 is 0 Å². The van der Waals surface area contributed by atoms with E-state index in [2.05, 4.69) is 47.5 Å². The minimum Gasteiger partial charge on any atom is -0.491 e. The summed E-state index contributed by atoms with van der Waals surface area (Å²) in [7, 11) is 0. The van der Waals surface area contributed by atoms with Crippen molar-refractivity contribution < 1.29 is 9.47 Å². The summed E-state index contributed by atoms with van der Waals surface area (Å²) in [5, 5.41) is 2.23. The van der Waals surface area contributed by atoms with Crippen molar-refractivity contribution in [3.63, 3.8) is 0 Å². The third kappa shape index (κ3) is 3.51. The number of hydrogen-bond donors (Lipinski definition) is 0. The molecular weight excluding hydrogens is 318 g/mol. The molecule has 0 bridgehead atoms. The van der Waals surface area contributed by atoms with Gasteiger partial charge in [-0.1, -0.05) is 12.1 Å². The normalized spacial score (nSPS) is 24.0. The fourth-order valence-corrected chi connectivity index (χ4v) is 4.67. The SMILES string of the molecule is C[C@H]1c2ccsc2CCN1Cc1cccc(OC[C@H]2CCCO2)c1. The second-order valence-electron chi connectivity index (χ2n) is 6.79. The molecule has 4 heteroatoms. The van der Waals surface area contributed by atoms with Crippen molar-refractivity contribution in [1.29, 1.82) is 0 Å². The van der Waals surface area contributed by atoms with Crippen LogP contribution < -0.4 is 4.74 Å². The van der Waals surface area contributed by atoms with Gasteiger partial charge in [0, 0.05) is 30.6 Å². The summed E-state index contributed by atoms with van der Waals surface area (Å²) in [5.41, 5.74) is 2.84. The quantitative estimate of drug-likeness (QED) is 0.802. The smallest absolute Gasteiger partial charge is 0.119 e. The van der Waals surface area contributed by atoms with E-state index in [0.717, 1.165) is 38.3 Å². The Kier molecular flexibility index (Phi) is 4.88. The lowest BCUT2D eigenvalue weighted by atomic mass is 10.0. The molecule has 1 saturated heterocycles. The maximum absolute atomic E-state index is 5.95. The molecule has 0 unspecified atom stereocenters. The Hall–Kier alpha value is -1.36. The van der Waals surface area contributed by atoms with E-state index >= 15 is 0 Å². The second-order valence-corrected chi connectivity index (χ2v) is 7.79. The highest BCUT2D eigenvalue weighted by Crippen LogP contribution is 2.33. The molecule has 24 heavy (non-hydrogen) atoms. The molecule has 0 amide bonds. The van der Waals surface area contributed by atoms with Crippen molar-refractivity contribution in [2.24, 2.45) is 0 Å². The molecule has 0 radical (unpaired) electrons. The summed E-state index contributed by atoms with van der Waals surface area (Å²) in [6.45, 7) is 5.99. The maximum atomic E-state index is 5.95.